The average molecular weight is 164 g/mol. The fraction of sp³-hybridized carbons (Fsp3) is 0.500. The Bertz CT molecular complexity index is 253. The van der Waals surface area contributed by atoms with Crippen LogP contribution in [0.25, 0.3) is 0 Å². The second-order valence-electron chi connectivity index (χ2n) is 3.42. The van der Waals surface area contributed by atoms with E-state index in [1.807, 2.05) is 6.08 Å². The van der Waals surface area contributed by atoms with Crippen molar-refractivity contribution >= 4 is 5.78 Å². The van der Waals surface area contributed by atoms with Crippen LogP contribution in [0.15, 0.2) is 24.5 Å². The quantitative estimate of drug-likeness (QED) is 0.511. The predicted octanol–water partition coefficient (Wildman–Crippen LogP) is 1.97. The second-order valence-corrected chi connectivity index (χ2v) is 3.42. The zero-order chi connectivity index (χ0) is 8.44. The highest BCUT2D eigenvalue weighted by molar-refractivity contribution is 5.91. The van der Waals surface area contributed by atoms with Gasteiger partial charge in [0.2, 0.25) is 0 Å². The molecule has 0 saturated heterocycles. The molecule has 1 atom stereocenters. The molecular weight excluding hydrogens is 152 g/mol. The summed E-state index contributed by atoms with van der Waals surface area (Å²) in [7, 11) is 0. The largest absolute Gasteiger partial charge is 0.490 e. The standard InChI is InChI=1S/C10H12O2/c11-9-4-7-12-10(8-9)5-2-1-3-6-10/h2,4-5,7H,1,3,6,8H2. The molecule has 0 N–H and O–H groups in total. The first-order valence-electron chi connectivity index (χ1n) is 4.36. The Morgan fingerprint density at radius 3 is 3.08 bits per heavy atom. The lowest BCUT2D eigenvalue weighted by Gasteiger charge is -2.33. The molecule has 0 radical (unpaired) electrons. The molecule has 12 heavy (non-hydrogen) atoms. The van der Waals surface area contributed by atoms with E-state index in [0.29, 0.717) is 6.42 Å². The topological polar surface area (TPSA) is 26.3 Å². The molecule has 0 amide bonds. The van der Waals surface area contributed by atoms with Gasteiger partial charge in [-0.1, -0.05) is 6.08 Å². The Labute approximate surface area is 71.9 Å². The van der Waals surface area contributed by atoms with Gasteiger partial charge in [-0.2, -0.15) is 0 Å². The van der Waals surface area contributed by atoms with Crippen LogP contribution in [0.4, 0.5) is 0 Å². The minimum Gasteiger partial charge on any atom is -0.490 e. The van der Waals surface area contributed by atoms with Crippen LogP contribution in [-0.2, 0) is 9.53 Å². The number of rotatable bonds is 0. The Morgan fingerprint density at radius 1 is 1.50 bits per heavy atom. The van der Waals surface area contributed by atoms with E-state index in [4.69, 9.17) is 4.74 Å². The van der Waals surface area contributed by atoms with Crippen molar-refractivity contribution < 1.29 is 9.53 Å². The minimum atomic E-state index is -0.288. The van der Waals surface area contributed by atoms with Crippen molar-refractivity contribution in [2.45, 2.75) is 31.3 Å². The fourth-order valence-corrected chi connectivity index (χ4v) is 1.79. The zero-order valence-corrected chi connectivity index (χ0v) is 6.95. The Morgan fingerprint density at radius 2 is 2.42 bits per heavy atom. The van der Waals surface area contributed by atoms with E-state index in [0.717, 1.165) is 19.3 Å². The summed E-state index contributed by atoms with van der Waals surface area (Å²) in [4.78, 5) is 11.1. The van der Waals surface area contributed by atoms with Gasteiger partial charge in [-0.05, 0) is 25.3 Å². The number of hydrogen-bond acceptors (Lipinski definition) is 2. The maximum Gasteiger partial charge on any atom is 0.163 e. The summed E-state index contributed by atoms with van der Waals surface area (Å²) in [6.07, 6.45) is 10.9. The Hall–Kier alpha value is -1.05. The smallest absolute Gasteiger partial charge is 0.163 e. The van der Waals surface area contributed by atoms with E-state index in [-0.39, 0.29) is 11.4 Å². The van der Waals surface area contributed by atoms with Gasteiger partial charge in [0.15, 0.2) is 5.78 Å². The highest BCUT2D eigenvalue weighted by atomic mass is 16.5. The van der Waals surface area contributed by atoms with Crippen molar-refractivity contribution in [3.63, 3.8) is 0 Å². The Kier molecular flexibility index (Phi) is 1.75. The van der Waals surface area contributed by atoms with Crippen molar-refractivity contribution in [3.05, 3.63) is 24.5 Å². The molecule has 1 unspecified atom stereocenters. The van der Waals surface area contributed by atoms with Crippen LogP contribution in [0, 0.1) is 0 Å². The van der Waals surface area contributed by atoms with Crippen molar-refractivity contribution in [2.75, 3.05) is 0 Å². The van der Waals surface area contributed by atoms with Crippen LogP contribution in [0.2, 0.25) is 0 Å². The zero-order valence-electron chi connectivity index (χ0n) is 6.95. The first-order chi connectivity index (χ1) is 5.81. The highest BCUT2D eigenvalue weighted by Gasteiger charge is 2.33. The lowest BCUT2D eigenvalue weighted by molar-refractivity contribution is -0.120. The van der Waals surface area contributed by atoms with Crippen LogP contribution >= 0.6 is 0 Å². The number of ether oxygens (including phenoxy) is 1. The number of ketones is 1. The molecule has 2 nitrogen and oxygen atoms in total. The van der Waals surface area contributed by atoms with Gasteiger partial charge < -0.3 is 4.74 Å². The first kappa shape index (κ1) is 7.59. The summed E-state index contributed by atoms with van der Waals surface area (Å²) in [5.41, 5.74) is -0.288. The summed E-state index contributed by atoms with van der Waals surface area (Å²) in [6, 6.07) is 0. The van der Waals surface area contributed by atoms with Crippen LogP contribution in [0.5, 0.6) is 0 Å². The van der Waals surface area contributed by atoms with Gasteiger partial charge >= 0.3 is 0 Å². The molecule has 0 fully saturated rings. The Balaban J connectivity index is 2.20. The minimum absolute atomic E-state index is 0.174. The maximum atomic E-state index is 11.1. The van der Waals surface area contributed by atoms with E-state index in [2.05, 4.69) is 6.08 Å². The van der Waals surface area contributed by atoms with E-state index in [1.54, 1.807) is 0 Å². The summed E-state index contributed by atoms with van der Waals surface area (Å²) < 4.78 is 5.49. The lowest BCUT2D eigenvalue weighted by atomic mass is 9.85. The van der Waals surface area contributed by atoms with E-state index < -0.39 is 0 Å². The van der Waals surface area contributed by atoms with Gasteiger partial charge in [0.1, 0.15) is 5.60 Å². The van der Waals surface area contributed by atoms with E-state index in [9.17, 15) is 4.79 Å². The summed E-state index contributed by atoms with van der Waals surface area (Å²) in [6.45, 7) is 0. The molecule has 1 heterocycles. The van der Waals surface area contributed by atoms with Crippen LogP contribution < -0.4 is 0 Å². The molecule has 0 bridgehead atoms. The van der Waals surface area contributed by atoms with Gasteiger partial charge in [0.25, 0.3) is 0 Å². The number of carbonyl (C=O) groups excluding carboxylic acids is 1. The number of carbonyl (C=O) groups is 1. The monoisotopic (exact) mass is 164 g/mol. The molecule has 0 aromatic rings. The van der Waals surface area contributed by atoms with Gasteiger partial charge in [-0.3, -0.25) is 4.79 Å². The van der Waals surface area contributed by atoms with Crippen LogP contribution in [-0.4, -0.2) is 11.4 Å². The van der Waals surface area contributed by atoms with E-state index >= 15 is 0 Å². The lowest BCUT2D eigenvalue weighted by Crippen LogP contribution is -2.34. The molecule has 2 aliphatic rings. The molecule has 64 valence electrons. The molecule has 0 saturated carbocycles. The summed E-state index contributed by atoms with van der Waals surface area (Å²) >= 11 is 0. The first-order valence-corrected chi connectivity index (χ1v) is 4.36. The second kappa shape index (κ2) is 2.77. The SMILES string of the molecule is O=C1C=COC2(C=CCCC2)C1. The predicted molar refractivity (Wildman–Crippen MR) is 45.6 cm³/mol. The molecule has 1 aliphatic carbocycles. The molecule has 0 aromatic carbocycles. The summed E-state index contributed by atoms with van der Waals surface area (Å²) in [5.74, 6) is 0.174. The van der Waals surface area contributed by atoms with Gasteiger partial charge in [-0.15, -0.1) is 0 Å². The normalized spacial score (nSPS) is 33.8. The van der Waals surface area contributed by atoms with Gasteiger partial charge in [0.05, 0.1) is 12.7 Å². The van der Waals surface area contributed by atoms with Gasteiger partial charge in [-0.25, -0.2) is 0 Å². The number of allylic oxidation sites excluding steroid dienone is 2. The van der Waals surface area contributed by atoms with E-state index in [1.165, 1.54) is 12.3 Å². The van der Waals surface area contributed by atoms with Crippen molar-refractivity contribution in [1.29, 1.82) is 0 Å². The molecule has 2 rings (SSSR count). The molecule has 1 spiro atoms. The highest BCUT2D eigenvalue weighted by Crippen LogP contribution is 2.32. The molecular formula is C10H12O2. The maximum absolute atomic E-state index is 11.1. The van der Waals surface area contributed by atoms with Crippen molar-refractivity contribution in [3.8, 4) is 0 Å². The fourth-order valence-electron chi connectivity index (χ4n) is 1.79. The van der Waals surface area contributed by atoms with Gasteiger partial charge in [0, 0.05) is 6.08 Å². The van der Waals surface area contributed by atoms with Crippen molar-refractivity contribution in [1.82, 2.24) is 0 Å². The van der Waals surface area contributed by atoms with Crippen LogP contribution in [0.1, 0.15) is 25.7 Å². The van der Waals surface area contributed by atoms with Crippen LogP contribution in [0.3, 0.4) is 0 Å². The third-order valence-electron chi connectivity index (χ3n) is 2.42. The molecule has 2 heteroatoms. The number of hydrogen-bond donors (Lipinski definition) is 0. The third kappa shape index (κ3) is 1.29. The average Bonchev–Trinajstić information content (AvgIpc) is 2.05. The third-order valence-corrected chi connectivity index (χ3v) is 2.42. The van der Waals surface area contributed by atoms with Crippen molar-refractivity contribution in [2.24, 2.45) is 0 Å². The molecule has 1 aliphatic heterocycles. The summed E-state index contributed by atoms with van der Waals surface area (Å²) in [5, 5.41) is 0. The molecule has 0 aromatic heterocycles.